The van der Waals surface area contributed by atoms with Gasteiger partial charge in [-0.25, -0.2) is 9.67 Å². The second kappa shape index (κ2) is 8.83. The fourth-order valence-corrected chi connectivity index (χ4v) is 4.91. The average Bonchev–Trinajstić information content (AvgIpc) is 3.52. The molecule has 8 nitrogen and oxygen atoms in total. The predicted octanol–water partition coefficient (Wildman–Crippen LogP) is 4.83. The van der Waals surface area contributed by atoms with Gasteiger partial charge in [0.25, 0.3) is 5.91 Å². The van der Waals surface area contributed by atoms with Crippen LogP contribution in [0.3, 0.4) is 0 Å². The highest BCUT2D eigenvalue weighted by Crippen LogP contribution is 2.34. The first-order valence-corrected chi connectivity index (χ1v) is 11.6. The fourth-order valence-electron chi connectivity index (χ4n) is 3.94. The summed E-state index contributed by atoms with van der Waals surface area (Å²) in [5, 5.41) is 8.31. The highest BCUT2D eigenvalue weighted by molar-refractivity contribution is 7.16. The normalized spacial score (nSPS) is 12.1. The third kappa shape index (κ3) is 4.10. The van der Waals surface area contributed by atoms with Crippen molar-refractivity contribution in [2.75, 3.05) is 19.2 Å². The number of carbonyl (C=O) groups excluding carboxylic acids is 1. The lowest BCUT2D eigenvalue weighted by Gasteiger charge is -2.06. The van der Waals surface area contributed by atoms with Crippen LogP contribution < -0.4 is 19.5 Å². The second-order valence-corrected chi connectivity index (χ2v) is 9.00. The largest absolute Gasteiger partial charge is 0.497 e. The van der Waals surface area contributed by atoms with E-state index in [4.69, 9.17) is 19.3 Å². The number of fused-ring (bicyclic) bond motifs is 1. The van der Waals surface area contributed by atoms with Crippen LogP contribution in [-0.2, 0) is 6.42 Å². The molecule has 34 heavy (non-hydrogen) atoms. The van der Waals surface area contributed by atoms with Crippen molar-refractivity contribution in [1.82, 2.24) is 14.8 Å². The van der Waals surface area contributed by atoms with Crippen LogP contribution in [0.5, 0.6) is 17.2 Å². The van der Waals surface area contributed by atoms with Crippen LogP contribution in [0.25, 0.3) is 5.13 Å². The Bertz CT molecular complexity index is 1390. The van der Waals surface area contributed by atoms with Gasteiger partial charge in [-0.05, 0) is 50.6 Å². The number of aromatic nitrogens is 3. The first-order chi connectivity index (χ1) is 16.4. The minimum Gasteiger partial charge on any atom is -0.497 e. The van der Waals surface area contributed by atoms with Crippen molar-refractivity contribution in [2.45, 2.75) is 27.2 Å². The third-order valence-electron chi connectivity index (χ3n) is 5.76. The number of amides is 1. The van der Waals surface area contributed by atoms with E-state index in [9.17, 15) is 4.79 Å². The predicted molar refractivity (Wildman–Crippen MR) is 130 cm³/mol. The quantitative estimate of drug-likeness (QED) is 0.429. The fraction of sp³-hybridized carbons (Fsp3) is 0.240. The molecule has 0 atom stereocenters. The summed E-state index contributed by atoms with van der Waals surface area (Å²) < 4.78 is 18.0. The maximum atomic E-state index is 12.9. The van der Waals surface area contributed by atoms with E-state index >= 15 is 0 Å². The molecule has 2 aromatic carbocycles. The number of methoxy groups -OCH3 is 1. The lowest BCUT2D eigenvalue weighted by molar-refractivity contribution is 0.103. The van der Waals surface area contributed by atoms with Gasteiger partial charge in [0.05, 0.1) is 18.5 Å². The summed E-state index contributed by atoms with van der Waals surface area (Å²) in [6.45, 7) is 6.10. The molecule has 0 aliphatic carbocycles. The van der Waals surface area contributed by atoms with Crippen LogP contribution in [0.4, 0.5) is 5.69 Å². The second-order valence-electron chi connectivity index (χ2n) is 8.02. The lowest BCUT2D eigenvalue weighted by Crippen LogP contribution is -2.11. The Morgan fingerprint density at radius 3 is 2.76 bits per heavy atom. The molecule has 0 spiro atoms. The van der Waals surface area contributed by atoms with Gasteiger partial charge in [-0.15, -0.1) is 0 Å². The van der Waals surface area contributed by atoms with Crippen LogP contribution in [0.15, 0.2) is 42.5 Å². The van der Waals surface area contributed by atoms with Gasteiger partial charge in [0, 0.05) is 29.4 Å². The van der Waals surface area contributed by atoms with Crippen LogP contribution in [0, 0.1) is 20.8 Å². The number of carbonyl (C=O) groups is 1. The van der Waals surface area contributed by atoms with Crippen molar-refractivity contribution >= 4 is 22.9 Å². The van der Waals surface area contributed by atoms with Gasteiger partial charge in [-0.1, -0.05) is 23.5 Å². The van der Waals surface area contributed by atoms with E-state index in [1.807, 2.05) is 61.9 Å². The topological polar surface area (TPSA) is 87.5 Å². The van der Waals surface area contributed by atoms with Gasteiger partial charge in [0.2, 0.25) is 11.9 Å². The van der Waals surface area contributed by atoms with E-state index in [0.717, 1.165) is 34.0 Å². The molecule has 4 aromatic rings. The van der Waals surface area contributed by atoms with Gasteiger partial charge in [0.1, 0.15) is 10.6 Å². The first kappa shape index (κ1) is 22.0. The number of rotatable bonds is 6. The van der Waals surface area contributed by atoms with E-state index in [1.54, 1.807) is 13.2 Å². The smallest absolute Gasteiger partial charge is 0.267 e. The maximum absolute atomic E-state index is 12.9. The highest BCUT2D eigenvalue weighted by atomic mass is 32.1. The molecular weight excluding hydrogens is 452 g/mol. The summed E-state index contributed by atoms with van der Waals surface area (Å²) in [6, 6.07) is 13.2. The van der Waals surface area contributed by atoms with Crippen molar-refractivity contribution in [1.29, 1.82) is 0 Å². The molecule has 0 saturated carbocycles. The number of ether oxygens (including phenoxy) is 3. The molecule has 1 aliphatic rings. The number of hydrogen-bond acceptors (Lipinski definition) is 7. The summed E-state index contributed by atoms with van der Waals surface area (Å²) >= 11 is 1.32. The van der Waals surface area contributed by atoms with Crippen molar-refractivity contribution in [3.8, 4) is 22.4 Å². The maximum Gasteiger partial charge on any atom is 0.267 e. The van der Waals surface area contributed by atoms with Gasteiger partial charge in [-0.3, -0.25) is 4.79 Å². The number of thiazole rings is 1. The molecule has 0 bridgehead atoms. The molecule has 174 valence electrons. The standard InChI is InChI=1S/C25H24N4O4S/c1-14-20(10-17-8-9-21-22(11-17)33-13-32-21)16(3)29(28-14)25-26-15(2)23(34-25)24(30)27-18-6-5-7-19(12-18)31-4/h5-9,11-12H,10,13H2,1-4H3,(H,27,30). The zero-order valence-corrected chi connectivity index (χ0v) is 20.2. The van der Waals surface area contributed by atoms with Crippen LogP contribution in [0.1, 0.15) is 37.9 Å². The minimum atomic E-state index is -0.211. The Morgan fingerprint density at radius 2 is 1.94 bits per heavy atom. The molecule has 1 amide bonds. The van der Waals surface area contributed by atoms with E-state index in [2.05, 4.69) is 10.3 Å². The molecule has 0 unspecified atom stereocenters. The van der Waals surface area contributed by atoms with E-state index in [1.165, 1.54) is 11.3 Å². The van der Waals surface area contributed by atoms with Gasteiger partial charge >= 0.3 is 0 Å². The molecule has 5 rings (SSSR count). The Hall–Kier alpha value is -3.85. The van der Waals surface area contributed by atoms with Crippen molar-refractivity contribution in [3.63, 3.8) is 0 Å². The van der Waals surface area contributed by atoms with Gasteiger partial charge < -0.3 is 19.5 Å². The zero-order chi connectivity index (χ0) is 23.8. The molecule has 0 saturated heterocycles. The van der Waals surface area contributed by atoms with Gasteiger partial charge in [-0.2, -0.15) is 5.10 Å². The first-order valence-electron chi connectivity index (χ1n) is 10.8. The van der Waals surface area contributed by atoms with Crippen LogP contribution in [-0.4, -0.2) is 34.6 Å². The number of benzene rings is 2. The summed E-state index contributed by atoms with van der Waals surface area (Å²) in [5.74, 6) is 2.00. The molecule has 3 heterocycles. The highest BCUT2D eigenvalue weighted by Gasteiger charge is 2.21. The SMILES string of the molecule is COc1cccc(NC(=O)c2sc(-n3nc(C)c(Cc4ccc5c(c4)OCO5)c3C)nc2C)c1. The summed E-state index contributed by atoms with van der Waals surface area (Å²) in [4.78, 5) is 18.1. The number of nitrogens with zero attached hydrogens (tertiary/aromatic N) is 3. The van der Waals surface area contributed by atoms with E-state index in [-0.39, 0.29) is 12.7 Å². The molecular formula is C25H24N4O4S. The van der Waals surface area contributed by atoms with Crippen molar-refractivity contribution < 1.29 is 19.0 Å². The molecule has 1 N–H and O–H groups in total. The Morgan fingerprint density at radius 1 is 1.12 bits per heavy atom. The third-order valence-corrected chi connectivity index (χ3v) is 6.89. The van der Waals surface area contributed by atoms with Gasteiger partial charge in [0.15, 0.2) is 11.5 Å². The van der Waals surface area contributed by atoms with E-state index in [0.29, 0.717) is 33.6 Å². The average molecular weight is 477 g/mol. The summed E-state index contributed by atoms with van der Waals surface area (Å²) in [5.41, 5.74) is 5.47. The molecule has 0 radical (unpaired) electrons. The molecule has 1 aliphatic heterocycles. The van der Waals surface area contributed by atoms with Crippen molar-refractivity contribution in [2.24, 2.45) is 0 Å². The van der Waals surface area contributed by atoms with Crippen molar-refractivity contribution in [3.05, 3.63) is 75.6 Å². The molecule has 9 heteroatoms. The zero-order valence-electron chi connectivity index (χ0n) is 19.3. The number of aryl methyl sites for hydroxylation is 2. The molecule has 2 aromatic heterocycles. The summed E-state index contributed by atoms with van der Waals surface area (Å²) in [7, 11) is 1.59. The minimum absolute atomic E-state index is 0.211. The van der Waals surface area contributed by atoms with Crippen LogP contribution in [0.2, 0.25) is 0 Å². The Kier molecular flexibility index (Phi) is 5.70. The Labute approximate surface area is 201 Å². The van der Waals surface area contributed by atoms with E-state index < -0.39 is 0 Å². The monoisotopic (exact) mass is 476 g/mol. The lowest BCUT2D eigenvalue weighted by atomic mass is 10.0. The number of anilines is 1. The Balaban J connectivity index is 1.39. The van der Waals surface area contributed by atoms with Crippen LogP contribution >= 0.6 is 11.3 Å². The summed E-state index contributed by atoms with van der Waals surface area (Å²) in [6.07, 6.45) is 0.710. The molecule has 0 fully saturated rings. The number of nitrogens with one attached hydrogen (secondary N) is 1. The number of hydrogen-bond donors (Lipinski definition) is 1.